The maximum atomic E-state index is 11.1. The Morgan fingerprint density at radius 1 is 1.40 bits per heavy atom. The first-order valence-corrected chi connectivity index (χ1v) is 5.36. The molecular formula is C10H20N2O3. The second kappa shape index (κ2) is 6.76. The SMILES string of the molecule is COCCONC1CCN(C(C)=O)CC1. The Hall–Kier alpha value is -0.650. The van der Waals surface area contributed by atoms with E-state index < -0.39 is 0 Å². The number of methoxy groups -OCH3 is 1. The van der Waals surface area contributed by atoms with Crippen LogP contribution in [0, 0.1) is 0 Å². The van der Waals surface area contributed by atoms with Crippen molar-refractivity contribution in [3.8, 4) is 0 Å². The molecule has 5 nitrogen and oxygen atoms in total. The van der Waals surface area contributed by atoms with Crippen LogP contribution in [0.15, 0.2) is 0 Å². The van der Waals surface area contributed by atoms with E-state index >= 15 is 0 Å². The van der Waals surface area contributed by atoms with Crippen LogP contribution in [-0.2, 0) is 14.4 Å². The van der Waals surface area contributed by atoms with Gasteiger partial charge in [0.1, 0.15) is 0 Å². The predicted molar refractivity (Wildman–Crippen MR) is 56.2 cm³/mol. The largest absolute Gasteiger partial charge is 0.382 e. The minimum atomic E-state index is 0.161. The zero-order valence-electron chi connectivity index (χ0n) is 9.49. The van der Waals surface area contributed by atoms with Gasteiger partial charge in [-0.1, -0.05) is 0 Å². The van der Waals surface area contributed by atoms with Crippen LogP contribution >= 0.6 is 0 Å². The number of ether oxygens (including phenoxy) is 1. The van der Waals surface area contributed by atoms with Gasteiger partial charge in [-0.05, 0) is 12.8 Å². The van der Waals surface area contributed by atoms with Gasteiger partial charge in [-0.3, -0.25) is 9.63 Å². The summed E-state index contributed by atoms with van der Waals surface area (Å²) in [5.74, 6) is 0.161. The van der Waals surface area contributed by atoms with Gasteiger partial charge >= 0.3 is 0 Å². The average molecular weight is 216 g/mol. The lowest BCUT2D eigenvalue weighted by Crippen LogP contribution is -2.44. The van der Waals surface area contributed by atoms with Crippen LogP contribution < -0.4 is 5.48 Å². The van der Waals surface area contributed by atoms with Crippen molar-refractivity contribution >= 4 is 5.91 Å². The molecule has 0 spiro atoms. The molecule has 88 valence electrons. The first kappa shape index (κ1) is 12.4. The van der Waals surface area contributed by atoms with Crippen molar-refractivity contribution in [2.75, 3.05) is 33.4 Å². The quantitative estimate of drug-likeness (QED) is 0.525. The number of carbonyl (C=O) groups is 1. The molecule has 0 radical (unpaired) electrons. The molecule has 0 unspecified atom stereocenters. The molecule has 0 bridgehead atoms. The second-order valence-corrected chi connectivity index (χ2v) is 3.74. The van der Waals surface area contributed by atoms with Gasteiger partial charge in [-0.2, -0.15) is 5.48 Å². The van der Waals surface area contributed by atoms with Gasteiger partial charge in [0.05, 0.1) is 13.2 Å². The number of nitrogens with one attached hydrogen (secondary N) is 1. The third-order valence-electron chi connectivity index (χ3n) is 2.58. The first-order chi connectivity index (χ1) is 7.24. The monoisotopic (exact) mass is 216 g/mol. The van der Waals surface area contributed by atoms with E-state index in [2.05, 4.69) is 5.48 Å². The van der Waals surface area contributed by atoms with Gasteiger partial charge in [-0.15, -0.1) is 0 Å². The topological polar surface area (TPSA) is 50.8 Å². The van der Waals surface area contributed by atoms with E-state index in [0.717, 1.165) is 25.9 Å². The normalized spacial score (nSPS) is 18.1. The molecule has 1 aliphatic heterocycles. The summed E-state index contributed by atoms with van der Waals surface area (Å²) in [5.41, 5.74) is 3.00. The van der Waals surface area contributed by atoms with Crippen LogP contribution in [0.4, 0.5) is 0 Å². The van der Waals surface area contributed by atoms with E-state index in [0.29, 0.717) is 19.3 Å². The Balaban J connectivity index is 2.07. The van der Waals surface area contributed by atoms with Gasteiger partial charge in [0.2, 0.25) is 5.91 Å². The van der Waals surface area contributed by atoms with Gasteiger partial charge in [0.25, 0.3) is 0 Å². The van der Waals surface area contributed by atoms with Gasteiger partial charge in [-0.25, -0.2) is 0 Å². The fraction of sp³-hybridized carbons (Fsp3) is 0.900. The lowest BCUT2D eigenvalue weighted by atomic mass is 10.1. The zero-order chi connectivity index (χ0) is 11.1. The number of piperidine rings is 1. The summed E-state index contributed by atoms with van der Waals surface area (Å²) >= 11 is 0. The van der Waals surface area contributed by atoms with Crippen LogP contribution in [0.1, 0.15) is 19.8 Å². The highest BCUT2D eigenvalue weighted by Gasteiger charge is 2.20. The van der Waals surface area contributed by atoms with Crippen molar-refractivity contribution in [3.63, 3.8) is 0 Å². The van der Waals surface area contributed by atoms with Crippen LogP contribution in [0.2, 0.25) is 0 Å². The molecule has 5 heteroatoms. The Kier molecular flexibility index (Phi) is 5.60. The fourth-order valence-electron chi connectivity index (χ4n) is 1.61. The first-order valence-electron chi connectivity index (χ1n) is 5.36. The average Bonchev–Trinajstić information content (AvgIpc) is 2.25. The lowest BCUT2D eigenvalue weighted by molar-refractivity contribution is -0.130. The molecule has 1 saturated heterocycles. The maximum Gasteiger partial charge on any atom is 0.219 e. The van der Waals surface area contributed by atoms with Crippen molar-refractivity contribution in [2.45, 2.75) is 25.8 Å². The van der Waals surface area contributed by atoms with E-state index in [1.54, 1.807) is 14.0 Å². The zero-order valence-corrected chi connectivity index (χ0v) is 9.49. The molecule has 0 aromatic rings. The molecule has 0 aromatic heterocycles. The van der Waals surface area contributed by atoms with Crippen molar-refractivity contribution < 1.29 is 14.4 Å². The molecule has 0 aliphatic carbocycles. The van der Waals surface area contributed by atoms with E-state index in [4.69, 9.17) is 9.57 Å². The number of carbonyl (C=O) groups excluding carboxylic acids is 1. The number of hydroxylamine groups is 1. The minimum Gasteiger partial charge on any atom is -0.382 e. The van der Waals surface area contributed by atoms with Crippen molar-refractivity contribution in [2.24, 2.45) is 0 Å². The van der Waals surface area contributed by atoms with Gasteiger partial charge in [0.15, 0.2) is 0 Å². The maximum absolute atomic E-state index is 11.1. The molecule has 1 aliphatic rings. The molecule has 1 N–H and O–H groups in total. The number of hydrogen-bond donors (Lipinski definition) is 1. The molecule has 1 amide bonds. The van der Waals surface area contributed by atoms with Crippen molar-refractivity contribution in [3.05, 3.63) is 0 Å². The molecule has 1 fully saturated rings. The third kappa shape index (κ3) is 4.59. The van der Waals surface area contributed by atoms with Gasteiger partial charge < -0.3 is 9.64 Å². The van der Waals surface area contributed by atoms with Crippen molar-refractivity contribution in [1.29, 1.82) is 0 Å². The summed E-state index contributed by atoms with van der Waals surface area (Å²) in [6.45, 7) is 4.41. The van der Waals surface area contributed by atoms with E-state index in [1.807, 2.05) is 4.90 Å². The highest BCUT2D eigenvalue weighted by atomic mass is 16.7. The highest BCUT2D eigenvalue weighted by Crippen LogP contribution is 2.09. The molecule has 1 heterocycles. The van der Waals surface area contributed by atoms with Crippen molar-refractivity contribution in [1.82, 2.24) is 10.4 Å². The van der Waals surface area contributed by atoms with Gasteiger partial charge in [0, 0.05) is 33.2 Å². The number of likely N-dealkylation sites (tertiary alicyclic amines) is 1. The number of hydrogen-bond acceptors (Lipinski definition) is 4. The Labute approximate surface area is 90.7 Å². The minimum absolute atomic E-state index is 0.161. The van der Waals surface area contributed by atoms with Crippen LogP contribution in [0.25, 0.3) is 0 Å². The van der Waals surface area contributed by atoms with E-state index in [9.17, 15) is 4.79 Å². The number of nitrogens with zero attached hydrogens (tertiary/aromatic N) is 1. The fourth-order valence-corrected chi connectivity index (χ4v) is 1.61. The van der Waals surface area contributed by atoms with Crippen LogP contribution in [-0.4, -0.2) is 50.3 Å². The van der Waals surface area contributed by atoms with E-state index in [-0.39, 0.29) is 5.91 Å². The summed E-state index contributed by atoms with van der Waals surface area (Å²) in [6, 6.07) is 0.359. The molecule has 15 heavy (non-hydrogen) atoms. The molecule has 0 saturated carbocycles. The number of amides is 1. The van der Waals surface area contributed by atoms with E-state index in [1.165, 1.54) is 0 Å². The summed E-state index contributed by atoms with van der Waals surface area (Å²) in [5, 5.41) is 0. The molecular weight excluding hydrogens is 196 g/mol. The third-order valence-corrected chi connectivity index (χ3v) is 2.58. The summed E-state index contributed by atoms with van der Waals surface area (Å²) in [7, 11) is 1.65. The molecule has 0 atom stereocenters. The predicted octanol–water partition coefficient (Wildman–Crippen LogP) is 0.165. The lowest BCUT2D eigenvalue weighted by Gasteiger charge is -2.31. The Bertz CT molecular complexity index is 191. The Morgan fingerprint density at radius 3 is 2.60 bits per heavy atom. The Morgan fingerprint density at radius 2 is 2.07 bits per heavy atom. The summed E-state index contributed by atoms with van der Waals surface area (Å²) in [6.07, 6.45) is 1.90. The summed E-state index contributed by atoms with van der Waals surface area (Å²) in [4.78, 5) is 18.2. The highest BCUT2D eigenvalue weighted by molar-refractivity contribution is 5.73. The smallest absolute Gasteiger partial charge is 0.219 e. The summed E-state index contributed by atoms with van der Waals surface area (Å²) < 4.78 is 4.86. The molecule has 1 rings (SSSR count). The van der Waals surface area contributed by atoms with Crippen LogP contribution in [0.3, 0.4) is 0 Å². The van der Waals surface area contributed by atoms with Crippen LogP contribution in [0.5, 0.6) is 0 Å². The number of rotatable bonds is 5. The standard InChI is InChI=1S/C10H20N2O3/c1-9(13)12-5-3-10(4-6-12)11-15-8-7-14-2/h10-11H,3-8H2,1-2H3. The second-order valence-electron chi connectivity index (χ2n) is 3.74. The molecule has 0 aromatic carbocycles.